The van der Waals surface area contributed by atoms with E-state index in [-0.39, 0.29) is 11.4 Å². The Morgan fingerprint density at radius 2 is 2.20 bits per heavy atom. The summed E-state index contributed by atoms with van der Waals surface area (Å²) in [5.41, 5.74) is -0.312. The van der Waals surface area contributed by atoms with Crippen molar-refractivity contribution in [3.63, 3.8) is 0 Å². The molecule has 0 aromatic carbocycles. The highest BCUT2D eigenvalue weighted by Gasteiger charge is 2.32. The lowest BCUT2D eigenvalue weighted by Gasteiger charge is -2.35. The van der Waals surface area contributed by atoms with Gasteiger partial charge < -0.3 is 10.1 Å². The van der Waals surface area contributed by atoms with Crippen LogP contribution in [0, 0.1) is 24.2 Å². The van der Waals surface area contributed by atoms with Crippen molar-refractivity contribution in [2.24, 2.45) is 0 Å². The molecular weight excluding hydrogens is 190 g/mol. The molecule has 0 spiro atoms. The second kappa shape index (κ2) is 5.44. The minimum Gasteiger partial charge on any atom is -0.381 e. The first-order valence-corrected chi connectivity index (χ1v) is 4.98. The van der Waals surface area contributed by atoms with Gasteiger partial charge in [-0.05, 0) is 25.7 Å². The van der Waals surface area contributed by atoms with Gasteiger partial charge in [0.25, 0.3) is 5.91 Å². The lowest BCUT2D eigenvalue weighted by Crippen LogP contribution is -2.51. The van der Waals surface area contributed by atoms with Gasteiger partial charge in [0.1, 0.15) is 0 Å². The fourth-order valence-corrected chi connectivity index (χ4v) is 1.69. The van der Waals surface area contributed by atoms with Gasteiger partial charge in [0.15, 0.2) is 0 Å². The van der Waals surface area contributed by atoms with Crippen LogP contribution >= 0.6 is 0 Å². The number of carbonyl (C=O) groups excluding carboxylic acids is 1. The third kappa shape index (κ3) is 3.31. The van der Waals surface area contributed by atoms with E-state index in [2.05, 4.69) is 23.1 Å². The highest BCUT2D eigenvalue weighted by atomic mass is 16.5. The molecule has 3 heteroatoms. The maximum Gasteiger partial charge on any atom is 0.296 e. The molecule has 0 aliphatic carbocycles. The zero-order valence-corrected chi connectivity index (χ0v) is 8.93. The summed E-state index contributed by atoms with van der Waals surface area (Å²) in [4.78, 5) is 11.4. The summed E-state index contributed by atoms with van der Waals surface area (Å²) in [6.07, 6.45) is 7.37. The summed E-state index contributed by atoms with van der Waals surface area (Å²) in [5, 5.41) is 2.90. The third-order valence-electron chi connectivity index (χ3n) is 2.51. The molecule has 0 saturated carbocycles. The molecule has 0 unspecified atom stereocenters. The smallest absolute Gasteiger partial charge is 0.296 e. The second-order valence-electron chi connectivity index (χ2n) is 3.60. The van der Waals surface area contributed by atoms with Crippen molar-refractivity contribution < 1.29 is 9.53 Å². The Bertz CT molecular complexity index is 324. The molecule has 1 fully saturated rings. The van der Waals surface area contributed by atoms with Gasteiger partial charge in [-0.3, -0.25) is 4.79 Å². The van der Waals surface area contributed by atoms with Crippen molar-refractivity contribution in [1.29, 1.82) is 0 Å². The maximum atomic E-state index is 11.4. The van der Waals surface area contributed by atoms with Crippen LogP contribution in [-0.4, -0.2) is 24.7 Å². The van der Waals surface area contributed by atoms with Gasteiger partial charge in [0.2, 0.25) is 0 Å². The van der Waals surface area contributed by atoms with Gasteiger partial charge in [0, 0.05) is 19.6 Å². The quantitative estimate of drug-likeness (QED) is 0.674. The van der Waals surface area contributed by atoms with E-state index < -0.39 is 0 Å². The van der Waals surface area contributed by atoms with E-state index in [1.807, 2.05) is 0 Å². The molecule has 1 heterocycles. The van der Waals surface area contributed by atoms with E-state index in [1.54, 1.807) is 6.92 Å². The number of rotatable bonds is 2. The van der Waals surface area contributed by atoms with Crippen LogP contribution in [0.4, 0.5) is 0 Å². The highest BCUT2D eigenvalue weighted by molar-refractivity contribution is 5.93. The number of nitrogens with one attached hydrogen (secondary N) is 1. The Kier molecular flexibility index (Phi) is 4.21. The summed E-state index contributed by atoms with van der Waals surface area (Å²) < 4.78 is 5.26. The summed E-state index contributed by atoms with van der Waals surface area (Å²) in [5.74, 6) is 7.39. The largest absolute Gasteiger partial charge is 0.381 e. The molecule has 1 rings (SSSR count). The van der Waals surface area contributed by atoms with Crippen LogP contribution in [0.5, 0.6) is 0 Å². The average Bonchev–Trinajstić information content (AvgIpc) is 2.19. The van der Waals surface area contributed by atoms with Crippen LogP contribution in [0.25, 0.3) is 0 Å². The molecule has 1 amide bonds. The summed E-state index contributed by atoms with van der Waals surface area (Å²) in [6, 6.07) is 0. The molecule has 0 atom stereocenters. The molecule has 1 N–H and O–H groups in total. The van der Waals surface area contributed by atoms with E-state index in [0.29, 0.717) is 19.6 Å². The van der Waals surface area contributed by atoms with Crippen molar-refractivity contribution in [2.45, 2.75) is 31.7 Å². The van der Waals surface area contributed by atoms with E-state index in [0.717, 1.165) is 12.8 Å². The number of terminal acetylenes is 1. The standard InChI is InChI=1S/C12H15NO2/c1-3-5-11(14)13-12(6-4-2)7-9-15-10-8-12/h2H,6-10H2,1H3,(H,13,14). The van der Waals surface area contributed by atoms with Crippen molar-refractivity contribution in [3.05, 3.63) is 0 Å². The van der Waals surface area contributed by atoms with Crippen LogP contribution in [-0.2, 0) is 9.53 Å². The average molecular weight is 205 g/mol. The van der Waals surface area contributed by atoms with Gasteiger partial charge in [-0.2, -0.15) is 0 Å². The fraction of sp³-hybridized carbons (Fsp3) is 0.583. The van der Waals surface area contributed by atoms with Crippen LogP contribution < -0.4 is 5.32 Å². The molecule has 0 bridgehead atoms. The predicted octanol–water partition coefficient (Wildman–Crippen LogP) is 0.698. The first kappa shape index (κ1) is 11.6. The van der Waals surface area contributed by atoms with Gasteiger partial charge in [-0.1, -0.05) is 5.92 Å². The first-order valence-electron chi connectivity index (χ1n) is 4.98. The Labute approximate surface area is 90.6 Å². The zero-order valence-electron chi connectivity index (χ0n) is 8.93. The molecule has 3 nitrogen and oxygen atoms in total. The Morgan fingerprint density at radius 3 is 2.73 bits per heavy atom. The lowest BCUT2D eigenvalue weighted by molar-refractivity contribution is -0.118. The molecule has 80 valence electrons. The number of ether oxygens (including phenoxy) is 1. The SMILES string of the molecule is C#CCC1(NC(=O)C#CC)CCOCC1. The van der Waals surface area contributed by atoms with Crippen molar-refractivity contribution >= 4 is 5.91 Å². The topological polar surface area (TPSA) is 38.3 Å². The number of hydrogen-bond donors (Lipinski definition) is 1. The fourth-order valence-electron chi connectivity index (χ4n) is 1.69. The minimum absolute atomic E-state index is 0.255. The molecule has 1 aliphatic heterocycles. The van der Waals surface area contributed by atoms with E-state index >= 15 is 0 Å². The molecule has 1 aliphatic rings. The molecule has 1 saturated heterocycles. The Balaban J connectivity index is 2.67. The molecular formula is C12H15NO2. The summed E-state index contributed by atoms with van der Waals surface area (Å²) >= 11 is 0. The molecule has 0 radical (unpaired) electrons. The molecule has 15 heavy (non-hydrogen) atoms. The molecule has 0 aromatic heterocycles. The second-order valence-corrected chi connectivity index (χ2v) is 3.60. The van der Waals surface area contributed by atoms with Crippen LogP contribution in [0.1, 0.15) is 26.2 Å². The number of hydrogen-bond acceptors (Lipinski definition) is 2. The van der Waals surface area contributed by atoms with Crippen molar-refractivity contribution in [2.75, 3.05) is 13.2 Å². The molecule has 0 aromatic rings. The van der Waals surface area contributed by atoms with Crippen molar-refractivity contribution in [3.8, 4) is 24.2 Å². The predicted molar refractivity (Wildman–Crippen MR) is 57.8 cm³/mol. The summed E-state index contributed by atoms with van der Waals surface area (Å²) in [7, 11) is 0. The normalized spacial score (nSPS) is 18.1. The van der Waals surface area contributed by atoms with Gasteiger partial charge in [-0.25, -0.2) is 0 Å². The first-order chi connectivity index (χ1) is 7.22. The summed E-state index contributed by atoms with van der Waals surface area (Å²) in [6.45, 7) is 2.92. The van der Waals surface area contributed by atoms with Gasteiger partial charge in [0.05, 0.1) is 5.54 Å². The van der Waals surface area contributed by atoms with Gasteiger partial charge in [-0.15, -0.1) is 12.3 Å². The van der Waals surface area contributed by atoms with E-state index in [9.17, 15) is 4.79 Å². The zero-order chi connectivity index (χ0) is 11.1. The van der Waals surface area contributed by atoms with Crippen LogP contribution in [0.15, 0.2) is 0 Å². The highest BCUT2D eigenvalue weighted by Crippen LogP contribution is 2.23. The van der Waals surface area contributed by atoms with E-state index in [4.69, 9.17) is 11.2 Å². The lowest BCUT2D eigenvalue weighted by atomic mass is 9.87. The van der Waals surface area contributed by atoms with Crippen LogP contribution in [0.2, 0.25) is 0 Å². The maximum absolute atomic E-state index is 11.4. The van der Waals surface area contributed by atoms with Gasteiger partial charge >= 0.3 is 0 Å². The number of carbonyl (C=O) groups is 1. The van der Waals surface area contributed by atoms with Crippen molar-refractivity contribution in [1.82, 2.24) is 5.32 Å². The minimum atomic E-state index is -0.312. The van der Waals surface area contributed by atoms with E-state index in [1.165, 1.54) is 0 Å². The third-order valence-corrected chi connectivity index (χ3v) is 2.51. The number of amides is 1. The monoisotopic (exact) mass is 205 g/mol. The van der Waals surface area contributed by atoms with Crippen LogP contribution in [0.3, 0.4) is 0 Å². The Hall–Kier alpha value is -1.45. The Morgan fingerprint density at radius 1 is 1.53 bits per heavy atom.